The summed E-state index contributed by atoms with van der Waals surface area (Å²) in [6.45, 7) is 1.80. The highest BCUT2D eigenvalue weighted by atomic mass is 19.4. The third kappa shape index (κ3) is 4.21. The van der Waals surface area contributed by atoms with Gasteiger partial charge in [0.25, 0.3) is 5.56 Å². The van der Waals surface area contributed by atoms with Crippen LogP contribution in [0.4, 0.5) is 19.0 Å². The monoisotopic (exact) mass is 546 g/mol. The van der Waals surface area contributed by atoms with Crippen molar-refractivity contribution in [2.75, 3.05) is 5.73 Å². The Morgan fingerprint density at radius 3 is 2.55 bits per heavy atom. The quantitative estimate of drug-likeness (QED) is 0.330. The summed E-state index contributed by atoms with van der Waals surface area (Å²) >= 11 is 0. The lowest BCUT2D eigenvalue weighted by atomic mass is 10.1. The first-order chi connectivity index (χ1) is 19.1. The van der Waals surface area contributed by atoms with Crippen molar-refractivity contribution in [1.82, 2.24) is 33.9 Å². The highest BCUT2D eigenvalue weighted by Gasteiger charge is 2.32. The number of hydrogen-bond donors (Lipinski definition) is 2. The average molecular weight is 547 g/mol. The van der Waals surface area contributed by atoms with Crippen LogP contribution in [0.5, 0.6) is 5.75 Å². The maximum absolute atomic E-state index is 13.6. The van der Waals surface area contributed by atoms with Crippen molar-refractivity contribution >= 4 is 22.4 Å². The SMILES string of the molecule is CC(c1ccccc1)n1c(Cn2nc(-c3cc(O)cc(C(F)(F)F)c3)c3c(N)ncnc32)nn2cccc2c1=O. The first kappa shape index (κ1) is 25.1. The van der Waals surface area contributed by atoms with Gasteiger partial charge in [-0.3, -0.25) is 9.36 Å². The van der Waals surface area contributed by atoms with Gasteiger partial charge < -0.3 is 10.8 Å². The molecule has 40 heavy (non-hydrogen) atoms. The number of aromatic nitrogens is 7. The van der Waals surface area contributed by atoms with Gasteiger partial charge in [-0.25, -0.2) is 19.2 Å². The van der Waals surface area contributed by atoms with Crippen LogP contribution in [-0.2, 0) is 12.7 Å². The summed E-state index contributed by atoms with van der Waals surface area (Å²) in [4.78, 5) is 21.9. The van der Waals surface area contributed by atoms with Crippen molar-refractivity contribution in [2.45, 2.75) is 25.7 Å². The van der Waals surface area contributed by atoms with E-state index >= 15 is 0 Å². The van der Waals surface area contributed by atoms with Gasteiger partial charge >= 0.3 is 6.18 Å². The normalized spacial score (nSPS) is 12.8. The molecule has 0 spiro atoms. The fraction of sp³-hybridized carbons (Fsp3) is 0.148. The van der Waals surface area contributed by atoms with Gasteiger partial charge in [-0.1, -0.05) is 30.3 Å². The maximum Gasteiger partial charge on any atom is 0.416 e. The molecular weight excluding hydrogens is 525 g/mol. The fourth-order valence-corrected chi connectivity index (χ4v) is 4.82. The molecule has 0 saturated heterocycles. The second kappa shape index (κ2) is 9.22. The van der Waals surface area contributed by atoms with E-state index in [1.807, 2.05) is 37.3 Å². The number of alkyl halides is 3. The van der Waals surface area contributed by atoms with E-state index in [9.17, 15) is 23.1 Å². The molecule has 0 aliphatic rings. The molecule has 0 saturated carbocycles. The molecule has 0 radical (unpaired) electrons. The molecule has 4 heterocycles. The van der Waals surface area contributed by atoms with E-state index in [0.717, 1.165) is 17.7 Å². The molecule has 0 aliphatic heterocycles. The van der Waals surface area contributed by atoms with Crippen LogP contribution in [-0.4, -0.2) is 39.0 Å². The number of halogens is 3. The third-order valence-corrected chi connectivity index (χ3v) is 6.70. The Kier molecular flexibility index (Phi) is 5.79. The largest absolute Gasteiger partial charge is 0.508 e. The summed E-state index contributed by atoms with van der Waals surface area (Å²) in [6.07, 6.45) is -1.84. The topological polar surface area (TPSA) is 129 Å². The number of fused-ring (bicyclic) bond motifs is 2. The number of phenols is 1. The molecular formula is C27H21F3N8O2. The van der Waals surface area contributed by atoms with Crippen molar-refractivity contribution in [3.8, 4) is 17.0 Å². The number of aromatic hydroxyl groups is 1. The molecule has 6 rings (SSSR count). The van der Waals surface area contributed by atoms with Crippen LogP contribution >= 0.6 is 0 Å². The predicted octanol–water partition coefficient (Wildman–Crippen LogP) is 4.27. The van der Waals surface area contributed by atoms with E-state index in [1.165, 1.54) is 15.5 Å². The Balaban J connectivity index is 1.56. The first-order valence-corrected chi connectivity index (χ1v) is 12.1. The maximum atomic E-state index is 13.6. The Labute approximate surface area is 223 Å². The third-order valence-electron chi connectivity index (χ3n) is 6.70. The van der Waals surface area contributed by atoms with Gasteiger partial charge in [0, 0.05) is 11.8 Å². The minimum absolute atomic E-state index is 0.00739. The van der Waals surface area contributed by atoms with Gasteiger partial charge in [-0.05, 0) is 42.8 Å². The van der Waals surface area contributed by atoms with Gasteiger partial charge in [0.15, 0.2) is 11.5 Å². The standard InChI is InChI=1S/C27H21F3N8O2/c1-15(16-6-3-2-4-7-16)38-21(34-36-9-5-8-20(36)26(38)40)13-37-25-22(24(31)32-14-33-25)23(35-37)17-10-18(27(28,29)30)12-19(39)11-17/h2-12,14-15,39H,13H2,1H3,(H2,31,32,33). The van der Waals surface area contributed by atoms with Crippen LogP contribution in [0.25, 0.3) is 27.8 Å². The van der Waals surface area contributed by atoms with E-state index in [1.54, 1.807) is 22.9 Å². The Morgan fingerprint density at radius 2 is 1.80 bits per heavy atom. The van der Waals surface area contributed by atoms with Crippen LogP contribution in [0.15, 0.2) is 78.0 Å². The molecule has 4 aromatic heterocycles. The number of benzene rings is 2. The summed E-state index contributed by atoms with van der Waals surface area (Å²) in [6, 6.07) is 15.1. The van der Waals surface area contributed by atoms with Crippen LogP contribution in [0.1, 0.15) is 29.9 Å². The highest BCUT2D eigenvalue weighted by Crippen LogP contribution is 2.37. The Bertz CT molecular complexity index is 1940. The van der Waals surface area contributed by atoms with Crippen LogP contribution in [0.3, 0.4) is 0 Å². The van der Waals surface area contributed by atoms with Crippen molar-refractivity contribution in [3.05, 3.63) is 100 Å². The molecule has 0 fully saturated rings. The molecule has 3 N–H and O–H groups in total. The number of nitrogens with zero attached hydrogens (tertiary/aromatic N) is 7. The second-order valence-electron chi connectivity index (χ2n) is 9.25. The number of phenolic OH excluding ortho intramolecular Hbond substituents is 1. The van der Waals surface area contributed by atoms with Crippen molar-refractivity contribution in [1.29, 1.82) is 0 Å². The minimum Gasteiger partial charge on any atom is -0.508 e. The number of nitrogen functional groups attached to an aromatic ring is 1. The zero-order valence-electron chi connectivity index (χ0n) is 20.9. The molecule has 1 atom stereocenters. The van der Waals surface area contributed by atoms with Gasteiger partial charge in [0.1, 0.15) is 35.7 Å². The molecule has 2 aromatic carbocycles. The summed E-state index contributed by atoms with van der Waals surface area (Å²) in [5, 5.41) is 19.5. The molecule has 6 aromatic rings. The van der Waals surface area contributed by atoms with Gasteiger partial charge in [0.05, 0.1) is 17.0 Å². The summed E-state index contributed by atoms with van der Waals surface area (Å²) in [5.74, 6) is -0.273. The van der Waals surface area contributed by atoms with E-state index in [2.05, 4.69) is 20.2 Å². The van der Waals surface area contributed by atoms with E-state index in [0.29, 0.717) is 17.4 Å². The average Bonchev–Trinajstić information content (AvgIpc) is 3.54. The Morgan fingerprint density at radius 1 is 1.02 bits per heavy atom. The zero-order valence-corrected chi connectivity index (χ0v) is 20.9. The first-order valence-electron chi connectivity index (χ1n) is 12.1. The lowest BCUT2D eigenvalue weighted by Gasteiger charge is -2.20. The molecule has 1 unspecified atom stereocenters. The summed E-state index contributed by atoms with van der Waals surface area (Å²) in [5.41, 5.74) is 6.30. The Hall–Kier alpha value is -5.20. The van der Waals surface area contributed by atoms with Crippen LogP contribution in [0, 0.1) is 0 Å². The number of nitrogens with two attached hydrogens (primary N) is 1. The second-order valence-corrected chi connectivity index (χ2v) is 9.25. The van der Waals surface area contributed by atoms with Crippen molar-refractivity contribution in [2.24, 2.45) is 0 Å². The zero-order chi connectivity index (χ0) is 28.2. The molecule has 0 amide bonds. The number of rotatable bonds is 5. The lowest BCUT2D eigenvalue weighted by Crippen LogP contribution is -2.31. The molecule has 202 valence electrons. The number of anilines is 1. The van der Waals surface area contributed by atoms with Crippen LogP contribution in [0.2, 0.25) is 0 Å². The summed E-state index contributed by atoms with van der Waals surface area (Å²) in [7, 11) is 0. The molecule has 13 heteroatoms. The van der Waals surface area contributed by atoms with Crippen molar-refractivity contribution < 1.29 is 18.3 Å². The predicted molar refractivity (Wildman–Crippen MR) is 141 cm³/mol. The molecule has 0 aliphatic carbocycles. The summed E-state index contributed by atoms with van der Waals surface area (Å²) < 4.78 is 45.0. The van der Waals surface area contributed by atoms with E-state index < -0.39 is 23.5 Å². The molecule has 10 nitrogen and oxygen atoms in total. The fourth-order valence-electron chi connectivity index (χ4n) is 4.82. The number of hydrogen-bond acceptors (Lipinski definition) is 7. The van der Waals surface area contributed by atoms with Crippen LogP contribution < -0.4 is 11.3 Å². The minimum atomic E-state index is -4.70. The van der Waals surface area contributed by atoms with E-state index in [4.69, 9.17) is 5.73 Å². The highest BCUT2D eigenvalue weighted by molar-refractivity contribution is 5.98. The van der Waals surface area contributed by atoms with E-state index in [-0.39, 0.29) is 40.2 Å². The van der Waals surface area contributed by atoms with Crippen molar-refractivity contribution in [3.63, 3.8) is 0 Å². The smallest absolute Gasteiger partial charge is 0.416 e. The molecule has 0 bridgehead atoms. The van der Waals surface area contributed by atoms with Gasteiger partial charge in [-0.2, -0.15) is 23.4 Å². The van der Waals surface area contributed by atoms with Gasteiger partial charge in [-0.15, -0.1) is 0 Å². The lowest BCUT2D eigenvalue weighted by molar-refractivity contribution is -0.137. The van der Waals surface area contributed by atoms with Gasteiger partial charge in [0.2, 0.25) is 0 Å².